The van der Waals surface area contributed by atoms with Crippen LogP contribution >= 0.6 is 0 Å². The fraction of sp³-hybridized carbons (Fsp3) is 0.409. The number of carboxylic acids is 1. The molecule has 0 aliphatic carbocycles. The second kappa shape index (κ2) is 11.8. The molecule has 0 saturated carbocycles. The highest BCUT2D eigenvalue weighted by Gasteiger charge is 2.16. The standard InChI is InChI=1S/C22H28N2O5/c1-2-6-17-11-19(24-20(25)12-17)13-18(23-14-21(26)27)9-10-22(28)29-15-16-7-4-3-5-8-16/h3-5,7-8,11-12,18,23H,2,6,9-10,13-15H2,1H3,(H,24,25)(H,26,27). The Morgan fingerprint density at radius 2 is 1.93 bits per heavy atom. The second-order valence-corrected chi connectivity index (χ2v) is 6.94. The van der Waals surface area contributed by atoms with Crippen LogP contribution in [0.5, 0.6) is 5.88 Å². The van der Waals surface area contributed by atoms with Crippen LogP contribution in [0.3, 0.4) is 0 Å². The maximum atomic E-state index is 12.1. The number of benzene rings is 1. The van der Waals surface area contributed by atoms with E-state index < -0.39 is 5.97 Å². The molecule has 1 unspecified atom stereocenters. The molecule has 0 amide bonds. The third kappa shape index (κ3) is 8.74. The molecule has 1 atom stereocenters. The molecule has 2 rings (SSSR count). The minimum absolute atomic E-state index is 0.0507. The van der Waals surface area contributed by atoms with Crippen LogP contribution in [0.2, 0.25) is 0 Å². The smallest absolute Gasteiger partial charge is 0.317 e. The first-order valence-electron chi connectivity index (χ1n) is 9.79. The number of nitrogens with one attached hydrogen (secondary N) is 1. The molecular weight excluding hydrogens is 372 g/mol. The summed E-state index contributed by atoms with van der Waals surface area (Å²) >= 11 is 0. The number of carboxylic acid groups (broad SMARTS) is 1. The number of hydrogen-bond acceptors (Lipinski definition) is 6. The summed E-state index contributed by atoms with van der Waals surface area (Å²) < 4.78 is 5.29. The van der Waals surface area contributed by atoms with Gasteiger partial charge in [0.2, 0.25) is 5.88 Å². The Balaban J connectivity index is 1.93. The Bertz CT molecular complexity index is 795. The van der Waals surface area contributed by atoms with Gasteiger partial charge in [-0.1, -0.05) is 43.7 Å². The van der Waals surface area contributed by atoms with Crippen LogP contribution in [0, 0.1) is 0 Å². The normalized spacial score (nSPS) is 11.8. The van der Waals surface area contributed by atoms with E-state index in [4.69, 9.17) is 9.84 Å². The molecule has 0 aliphatic rings. The molecule has 7 heteroatoms. The topological polar surface area (TPSA) is 109 Å². The number of aromatic nitrogens is 1. The lowest BCUT2D eigenvalue weighted by atomic mass is 10.0. The van der Waals surface area contributed by atoms with Gasteiger partial charge >= 0.3 is 11.9 Å². The van der Waals surface area contributed by atoms with Crippen molar-refractivity contribution in [2.24, 2.45) is 0 Å². The van der Waals surface area contributed by atoms with E-state index in [9.17, 15) is 14.7 Å². The van der Waals surface area contributed by atoms with Gasteiger partial charge in [-0.15, -0.1) is 0 Å². The van der Waals surface area contributed by atoms with Gasteiger partial charge in [-0.25, -0.2) is 4.98 Å². The fourth-order valence-electron chi connectivity index (χ4n) is 3.03. The Morgan fingerprint density at radius 3 is 2.62 bits per heavy atom. The zero-order valence-electron chi connectivity index (χ0n) is 16.6. The molecule has 1 aromatic heterocycles. The summed E-state index contributed by atoms with van der Waals surface area (Å²) in [6, 6.07) is 12.7. The van der Waals surface area contributed by atoms with Gasteiger partial charge in [0.25, 0.3) is 0 Å². The summed E-state index contributed by atoms with van der Waals surface area (Å²) in [5.74, 6) is -1.37. The molecule has 1 heterocycles. The van der Waals surface area contributed by atoms with Gasteiger partial charge in [-0.05, 0) is 30.0 Å². The van der Waals surface area contributed by atoms with E-state index in [1.807, 2.05) is 36.4 Å². The van der Waals surface area contributed by atoms with Gasteiger partial charge in [0.05, 0.1) is 6.54 Å². The van der Waals surface area contributed by atoms with Crippen LogP contribution in [0.1, 0.15) is 43.0 Å². The average Bonchev–Trinajstić information content (AvgIpc) is 2.69. The molecule has 0 bridgehead atoms. The molecule has 0 saturated heterocycles. The summed E-state index contributed by atoms with van der Waals surface area (Å²) in [5, 5.41) is 21.8. The number of rotatable bonds is 12. The number of hydrogen-bond donors (Lipinski definition) is 3. The number of aryl methyl sites for hydroxylation is 1. The predicted molar refractivity (Wildman–Crippen MR) is 108 cm³/mol. The van der Waals surface area contributed by atoms with Crippen molar-refractivity contribution in [2.75, 3.05) is 6.54 Å². The number of carbonyl (C=O) groups is 2. The van der Waals surface area contributed by atoms with Gasteiger partial charge < -0.3 is 20.3 Å². The van der Waals surface area contributed by atoms with E-state index in [0.717, 1.165) is 24.0 Å². The van der Waals surface area contributed by atoms with Gasteiger partial charge in [0.15, 0.2) is 0 Å². The number of ether oxygens (including phenoxy) is 1. The number of aromatic hydroxyl groups is 1. The van der Waals surface area contributed by atoms with Gasteiger partial charge in [-0.3, -0.25) is 9.59 Å². The minimum atomic E-state index is -0.975. The molecule has 1 aromatic carbocycles. The van der Waals surface area contributed by atoms with Crippen molar-refractivity contribution in [3.63, 3.8) is 0 Å². The minimum Gasteiger partial charge on any atom is -0.493 e. The predicted octanol–water partition coefficient (Wildman–Crippen LogP) is 2.85. The summed E-state index contributed by atoms with van der Waals surface area (Å²) in [4.78, 5) is 27.2. The highest BCUT2D eigenvalue weighted by atomic mass is 16.5. The van der Waals surface area contributed by atoms with Gasteiger partial charge in [0.1, 0.15) is 6.61 Å². The SMILES string of the molecule is CCCc1cc(O)nc(CC(CCC(=O)OCc2ccccc2)NCC(=O)O)c1. The van der Waals surface area contributed by atoms with Crippen LogP contribution in [0.4, 0.5) is 0 Å². The van der Waals surface area contributed by atoms with Crippen molar-refractivity contribution in [3.8, 4) is 5.88 Å². The third-order valence-electron chi connectivity index (χ3n) is 4.40. The molecule has 0 fully saturated rings. The van der Waals surface area contributed by atoms with Gasteiger partial charge in [0, 0.05) is 30.6 Å². The highest BCUT2D eigenvalue weighted by molar-refractivity contribution is 5.70. The summed E-state index contributed by atoms with van der Waals surface area (Å²) in [5.41, 5.74) is 2.55. The van der Waals surface area contributed by atoms with E-state index in [0.29, 0.717) is 18.5 Å². The lowest BCUT2D eigenvalue weighted by Gasteiger charge is -2.18. The number of pyridine rings is 1. The molecule has 0 spiro atoms. The van der Waals surface area contributed by atoms with Crippen molar-refractivity contribution in [1.29, 1.82) is 0 Å². The highest BCUT2D eigenvalue weighted by Crippen LogP contribution is 2.16. The number of esters is 1. The van der Waals surface area contributed by atoms with E-state index in [-0.39, 0.29) is 37.5 Å². The summed E-state index contributed by atoms with van der Waals surface area (Å²) in [6.45, 7) is 2.04. The number of nitrogens with zero attached hydrogens (tertiary/aromatic N) is 1. The van der Waals surface area contributed by atoms with Crippen LogP contribution in [0.15, 0.2) is 42.5 Å². The maximum Gasteiger partial charge on any atom is 0.317 e. The third-order valence-corrected chi connectivity index (χ3v) is 4.40. The van der Waals surface area contributed by atoms with Crippen molar-refractivity contribution >= 4 is 11.9 Å². The van der Waals surface area contributed by atoms with Crippen LogP contribution in [-0.2, 0) is 33.8 Å². The summed E-state index contributed by atoms with van der Waals surface area (Å²) in [6.07, 6.45) is 2.73. The Morgan fingerprint density at radius 1 is 1.17 bits per heavy atom. The number of carbonyl (C=O) groups excluding carboxylic acids is 1. The van der Waals surface area contributed by atoms with E-state index >= 15 is 0 Å². The first-order chi connectivity index (χ1) is 14.0. The second-order valence-electron chi connectivity index (χ2n) is 6.94. The quantitative estimate of drug-likeness (QED) is 0.470. The zero-order chi connectivity index (χ0) is 21.1. The fourth-order valence-corrected chi connectivity index (χ4v) is 3.03. The molecule has 2 aromatic rings. The molecule has 0 aliphatic heterocycles. The maximum absolute atomic E-state index is 12.1. The Kier molecular flexibility index (Phi) is 9.11. The molecule has 29 heavy (non-hydrogen) atoms. The van der Waals surface area contributed by atoms with Crippen LogP contribution < -0.4 is 5.32 Å². The van der Waals surface area contributed by atoms with E-state index in [1.54, 1.807) is 6.07 Å². The van der Waals surface area contributed by atoms with Crippen molar-refractivity contribution in [1.82, 2.24) is 10.3 Å². The monoisotopic (exact) mass is 400 g/mol. The summed E-state index contributed by atoms with van der Waals surface area (Å²) in [7, 11) is 0. The molecule has 7 nitrogen and oxygen atoms in total. The first kappa shape index (κ1) is 22.4. The number of aliphatic carboxylic acids is 1. The van der Waals surface area contributed by atoms with Crippen LogP contribution in [0.25, 0.3) is 0 Å². The lowest BCUT2D eigenvalue weighted by molar-refractivity contribution is -0.145. The lowest BCUT2D eigenvalue weighted by Crippen LogP contribution is -2.36. The first-order valence-corrected chi connectivity index (χ1v) is 9.79. The van der Waals surface area contributed by atoms with E-state index in [2.05, 4.69) is 17.2 Å². The van der Waals surface area contributed by atoms with Crippen molar-refractivity contribution in [3.05, 3.63) is 59.3 Å². The van der Waals surface area contributed by atoms with Gasteiger partial charge in [-0.2, -0.15) is 0 Å². The van der Waals surface area contributed by atoms with E-state index in [1.165, 1.54) is 0 Å². The largest absolute Gasteiger partial charge is 0.493 e. The Labute approximate surface area is 170 Å². The van der Waals surface area contributed by atoms with Crippen molar-refractivity contribution in [2.45, 2.75) is 51.7 Å². The zero-order valence-corrected chi connectivity index (χ0v) is 16.6. The van der Waals surface area contributed by atoms with Crippen molar-refractivity contribution < 1.29 is 24.5 Å². The molecular formula is C22H28N2O5. The van der Waals surface area contributed by atoms with Crippen LogP contribution in [-0.4, -0.2) is 39.7 Å². The molecule has 3 N–H and O–H groups in total. The average molecular weight is 400 g/mol. The molecule has 0 radical (unpaired) electrons. The Hall–Kier alpha value is -2.93. The molecule has 156 valence electrons.